The molecule has 0 saturated carbocycles. The first kappa shape index (κ1) is 19.6. The van der Waals surface area contributed by atoms with Crippen molar-refractivity contribution in [3.63, 3.8) is 0 Å². The first-order chi connectivity index (χ1) is 14.9. The van der Waals surface area contributed by atoms with E-state index in [4.69, 9.17) is 28.2 Å². The lowest BCUT2D eigenvalue weighted by Crippen LogP contribution is -2.31. The van der Waals surface area contributed by atoms with Crippen molar-refractivity contribution in [1.82, 2.24) is 14.9 Å². The fourth-order valence-electron chi connectivity index (χ4n) is 3.84. The van der Waals surface area contributed by atoms with E-state index < -0.39 is 6.04 Å². The second-order valence-electron chi connectivity index (χ2n) is 7.33. The maximum absolute atomic E-state index is 13.5. The fraction of sp³-hybridized carbons (Fsp3) is 0.0870. The molecule has 3 aromatic carbocycles. The number of aromatic hydroxyl groups is 1. The summed E-state index contributed by atoms with van der Waals surface area (Å²) >= 11 is 12.3. The number of hydrogen-bond donors (Lipinski definition) is 2. The van der Waals surface area contributed by atoms with E-state index in [1.807, 2.05) is 0 Å². The monoisotopic (exact) mass is 451 g/mol. The summed E-state index contributed by atoms with van der Waals surface area (Å²) in [6.07, 6.45) is 0.367. The van der Waals surface area contributed by atoms with E-state index in [-0.39, 0.29) is 17.2 Å². The number of halogens is 2. The number of carbonyl (C=O) groups is 1. The molecule has 1 aromatic heterocycles. The molecule has 5 rings (SSSR count). The zero-order valence-corrected chi connectivity index (χ0v) is 17.5. The minimum Gasteiger partial charge on any atom is -0.508 e. The molecule has 1 aliphatic rings. The van der Waals surface area contributed by atoms with E-state index in [9.17, 15) is 14.7 Å². The smallest absolute Gasteiger partial charge is 0.266 e. The second kappa shape index (κ2) is 7.41. The van der Waals surface area contributed by atoms with Gasteiger partial charge in [0.2, 0.25) is 0 Å². The Morgan fingerprint density at radius 1 is 0.968 bits per heavy atom. The molecule has 4 aromatic rings. The van der Waals surface area contributed by atoms with Gasteiger partial charge in [0.05, 0.1) is 28.2 Å². The number of amides is 1. The third-order valence-corrected chi connectivity index (χ3v) is 5.77. The van der Waals surface area contributed by atoms with Crippen LogP contribution in [0.2, 0.25) is 10.0 Å². The van der Waals surface area contributed by atoms with Crippen LogP contribution in [0.4, 0.5) is 0 Å². The number of carbonyl (C=O) groups excluding carboxylic acids is 1. The largest absolute Gasteiger partial charge is 0.508 e. The zero-order valence-electron chi connectivity index (χ0n) is 16.0. The highest BCUT2D eigenvalue weighted by atomic mass is 35.5. The molecule has 0 spiro atoms. The van der Waals surface area contributed by atoms with Crippen LogP contribution in [-0.4, -0.2) is 20.6 Å². The van der Waals surface area contributed by atoms with Crippen LogP contribution >= 0.6 is 23.2 Å². The van der Waals surface area contributed by atoms with Gasteiger partial charge in [-0.15, -0.1) is 0 Å². The van der Waals surface area contributed by atoms with Crippen LogP contribution in [0.15, 0.2) is 65.5 Å². The van der Waals surface area contributed by atoms with E-state index in [0.717, 1.165) is 5.56 Å². The lowest BCUT2D eigenvalue weighted by molar-refractivity contribution is 0.0938. The summed E-state index contributed by atoms with van der Waals surface area (Å²) in [4.78, 5) is 31.3. The summed E-state index contributed by atoms with van der Waals surface area (Å²) in [5.41, 5.74) is 1.70. The van der Waals surface area contributed by atoms with Crippen LogP contribution in [0.3, 0.4) is 0 Å². The number of phenols is 1. The van der Waals surface area contributed by atoms with Crippen molar-refractivity contribution in [1.29, 1.82) is 0 Å². The molecule has 1 amide bonds. The van der Waals surface area contributed by atoms with Gasteiger partial charge >= 0.3 is 0 Å². The maximum Gasteiger partial charge on any atom is 0.266 e. The lowest BCUT2D eigenvalue weighted by Gasteiger charge is -2.19. The van der Waals surface area contributed by atoms with Crippen molar-refractivity contribution in [3.8, 4) is 11.4 Å². The molecular formula is C23H15Cl2N3O3. The first-order valence-corrected chi connectivity index (χ1v) is 10.3. The van der Waals surface area contributed by atoms with Gasteiger partial charge in [-0.2, -0.15) is 0 Å². The van der Waals surface area contributed by atoms with Crippen LogP contribution < -0.4 is 10.9 Å². The Morgan fingerprint density at radius 3 is 2.45 bits per heavy atom. The van der Waals surface area contributed by atoms with Crippen molar-refractivity contribution in [3.05, 3.63) is 98.0 Å². The molecule has 31 heavy (non-hydrogen) atoms. The highest BCUT2D eigenvalue weighted by Gasteiger charge is 2.30. The number of fused-ring (bicyclic) bond motifs is 4. The van der Waals surface area contributed by atoms with Crippen molar-refractivity contribution in [2.75, 3.05) is 0 Å². The van der Waals surface area contributed by atoms with E-state index in [2.05, 4.69) is 5.32 Å². The third kappa shape index (κ3) is 3.44. The summed E-state index contributed by atoms with van der Waals surface area (Å²) in [6.45, 7) is 0. The van der Waals surface area contributed by atoms with Crippen LogP contribution in [0, 0.1) is 0 Å². The number of aromatic nitrogens is 2. The van der Waals surface area contributed by atoms with Crippen LogP contribution in [0.1, 0.15) is 27.8 Å². The van der Waals surface area contributed by atoms with Gasteiger partial charge in [0.15, 0.2) is 0 Å². The Hall–Kier alpha value is -3.35. The first-order valence-electron chi connectivity index (χ1n) is 9.51. The molecule has 1 unspecified atom stereocenters. The standard InChI is InChI=1S/C23H15Cl2N3O3/c24-13-3-7-16-18(10-13)26-21-19(9-12-1-5-15(29)6-2-12)27-22(30)17-8-4-14(25)11-20(17)28(21)23(16)31/h1-8,10-11,19,29H,9H2,(H,27,30). The zero-order chi connectivity index (χ0) is 21.7. The number of rotatable bonds is 2. The van der Waals surface area contributed by atoms with Crippen LogP contribution in [0.5, 0.6) is 5.75 Å². The van der Waals surface area contributed by atoms with Gasteiger partial charge in [-0.25, -0.2) is 4.98 Å². The van der Waals surface area contributed by atoms with Crippen molar-refractivity contribution >= 4 is 40.0 Å². The van der Waals surface area contributed by atoms with Gasteiger partial charge in [0.25, 0.3) is 11.5 Å². The summed E-state index contributed by atoms with van der Waals surface area (Å²) in [7, 11) is 0. The molecule has 1 aliphatic heterocycles. The quantitative estimate of drug-likeness (QED) is 0.472. The van der Waals surface area contributed by atoms with Crippen molar-refractivity contribution in [2.24, 2.45) is 0 Å². The summed E-state index contributed by atoms with van der Waals surface area (Å²) < 4.78 is 1.44. The predicted molar refractivity (Wildman–Crippen MR) is 119 cm³/mol. The number of phenolic OH excluding ortho intramolecular Hbond substituents is 1. The molecule has 0 saturated heterocycles. The van der Waals surface area contributed by atoms with Crippen LogP contribution in [-0.2, 0) is 6.42 Å². The second-order valence-corrected chi connectivity index (χ2v) is 8.20. The minimum absolute atomic E-state index is 0.145. The number of nitrogens with one attached hydrogen (secondary N) is 1. The molecule has 154 valence electrons. The molecule has 8 heteroatoms. The Labute approximate surface area is 186 Å². The Kier molecular flexibility index (Phi) is 4.68. The van der Waals surface area contributed by atoms with E-state index in [1.54, 1.807) is 60.7 Å². The molecule has 0 radical (unpaired) electrons. The Balaban J connectivity index is 1.80. The van der Waals surface area contributed by atoms with E-state index >= 15 is 0 Å². The van der Waals surface area contributed by atoms with Gasteiger partial charge in [-0.1, -0.05) is 35.3 Å². The molecule has 2 N–H and O–H groups in total. The molecule has 2 heterocycles. The van der Waals surface area contributed by atoms with Gasteiger partial charge in [-0.3, -0.25) is 14.2 Å². The van der Waals surface area contributed by atoms with Gasteiger partial charge in [0, 0.05) is 10.0 Å². The third-order valence-electron chi connectivity index (χ3n) is 5.30. The summed E-state index contributed by atoms with van der Waals surface area (Å²) in [5.74, 6) is 0.190. The molecule has 0 fully saturated rings. The summed E-state index contributed by atoms with van der Waals surface area (Å²) in [5, 5.41) is 13.8. The number of hydrogen-bond acceptors (Lipinski definition) is 4. The maximum atomic E-state index is 13.5. The molecule has 1 atom stereocenters. The highest BCUT2D eigenvalue weighted by Crippen LogP contribution is 2.29. The summed E-state index contributed by atoms with van der Waals surface area (Å²) in [6, 6.07) is 15.7. The average Bonchev–Trinajstić information content (AvgIpc) is 2.84. The molecule has 0 aliphatic carbocycles. The Bertz CT molecular complexity index is 1410. The topological polar surface area (TPSA) is 84.2 Å². The minimum atomic E-state index is -0.598. The average molecular weight is 452 g/mol. The fourth-order valence-corrected chi connectivity index (χ4v) is 4.17. The highest BCUT2D eigenvalue weighted by molar-refractivity contribution is 6.31. The van der Waals surface area contributed by atoms with E-state index in [1.165, 1.54) is 4.57 Å². The SMILES string of the molecule is O=C1NC(Cc2ccc(O)cc2)c2nc3cc(Cl)ccc3c(=O)n2-c2cc(Cl)ccc21. The van der Waals surface area contributed by atoms with Gasteiger partial charge < -0.3 is 10.4 Å². The predicted octanol–water partition coefficient (Wildman–Crippen LogP) is 4.43. The van der Waals surface area contributed by atoms with Crippen molar-refractivity contribution < 1.29 is 9.90 Å². The molecular weight excluding hydrogens is 437 g/mol. The van der Waals surface area contributed by atoms with Gasteiger partial charge in [-0.05, 0) is 60.5 Å². The van der Waals surface area contributed by atoms with Crippen LogP contribution in [0.25, 0.3) is 16.6 Å². The molecule has 6 nitrogen and oxygen atoms in total. The number of nitrogens with zero attached hydrogens (tertiary/aromatic N) is 2. The number of benzene rings is 3. The molecule has 0 bridgehead atoms. The van der Waals surface area contributed by atoms with E-state index in [0.29, 0.717) is 44.4 Å². The lowest BCUT2D eigenvalue weighted by atomic mass is 10.0. The van der Waals surface area contributed by atoms with Gasteiger partial charge in [0.1, 0.15) is 11.6 Å². The van der Waals surface area contributed by atoms with Crippen molar-refractivity contribution in [2.45, 2.75) is 12.5 Å². The Morgan fingerprint density at radius 2 is 1.68 bits per heavy atom. The normalized spacial score (nSPS) is 15.2.